The van der Waals surface area contributed by atoms with Crippen LogP contribution in [0.15, 0.2) is 4.60 Å². The van der Waals surface area contributed by atoms with E-state index in [0.717, 1.165) is 23.5 Å². The summed E-state index contributed by atoms with van der Waals surface area (Å²) in [5.41, 5.74) is 1.19. The lowest BCUT2D eigenvalue weighted by molar-refractivity contribution is 0.311. The Kier molecular flexibility index (Phi) is 6.49. The van der Waals surface area contributed by atoms with Crippen LogP contribution in [0.3, 0.4) is 0 Å². The average Bonchev–Trinajstić information content (AvgIpc) is 2.80. The van der Waals surface area contributed by atoms with Gasteiger partial charge in [-0.1, -0.05) is 44.2 Å². The van der Waals surface area contributed by atoms with Gasteiger partial charge in [-0.15, -0.1) is 5.10 Å². The van der Waals surface area contributed by atoms with Crippen molar-refractivity contribution in [3.05, 3.63) is 10.3 Å². The standard InChI is InChI=1S/C15H27BrN4/c1-3-11-17-13(14-15(16)18-19-20(14)2)10-9-12-7-5-4-6-8-12/h12-13,17H,3-11H2,1-2H3. The SMILES string of the molecule is CCCNC(CCC1CCCCC1)c1c(Br)nnn1C. The highest BCUT2D eigenvalue weighted by Gasteiger charge is 2.22. The largest absolute Gasteiger partial charge is 0.309 e. The quantitative estimate of drug-likeness (QED) is 0.814. The van der Waals surface area contributed by atoms with Crippen molar-refractivity contribution in [2.45, 2.75) is 64.3 Å². The number of nitrogens with one attached hydrogen (secondary N) is 1. The second-order valence-corrected chi connectivity index (χ2v) is 6.73. The van der Waals surface area contributed by atoms with E-state index in [4.69, 9.17) is 0 Å². The monoisotopic (exact) mass is 342 g/mol. The summed E-state index contributed by atoms with van der Waals surface area (Å²) in [5, 5.41) is 11.9. The van der Waals surface area contributed by atoms with Crippen molar-refractivity contribution in [2.24, 2.45) is 13.0 Å². The summed E-state index contributed by atoms with van der Waals surface area (Å²) in [6.07, 6.45) is 10.8. The summed E-state index contributed by atoms with van der Waals surface area (Å²) in [6.45, 7) is 3.26. The van der Waals surface area contributed by atoms with Gasteiger partial charge in [0.2, 0.25) is 0 Å². The first kappa shape index (κ1) is 16.0. The fourth-order valence-corrected chi connectivity index (χ4v) is 3.84. The third-order valence-corrected chi connectivity index (χ3v) is 4.95. The smallest absolute Gasteiger partial charge is 0.153 e. The number of halogens is 1. The fourth-order valence-electron chi connectivity index (χ4n) is 3.24. The molecule has 1 aliphatic carbocycles. The number of hydrogen-bond acceptors (Lipinski definition) is 3. The van der Waals surface area contributed by atoms with Crippen LogP contribution in [0.5, 0.6) is 0 Å². The molecule has 0 spiro atoms. The molecule has 5 heteroatoms. The van der Waals surface area contributed by atoms with E-state index in [1.54, 1.807) is 0 Å². The van der Waals surface area contributed by atoms with Gasteiger partial charge >= 0.3 is 0 Å². The molecule has 1 heterocycles. The highest BCUT2D eigenvalue weighted by Crippen LogP contribution is 2.31. The van der Waals surface area contributed by atoms with E-state index in [0.29, 0.717) is 6.04 Å². The lowest BCUT2D eigenvalue weighted by Crippen LogP contribution is -2.25. The molecule has 114 valence electrons. The second-order valence-electron chi connectivity index (χ2n) is 5.98. The Morgan fingerprint density at radius 3 is 2.70 bits per heavy atom. The van der Waals surface area contributed by atoms with Crippen LogP contribution >= 0.6 is 15.9 Å². The molecule has 0 saturated heterocycles. The number of rotatable bonds is 7. The lowest BCUT2D eigenvalue weighted by Gasteiger charge is -2.25. The van der Waals surface area contributed by atoms with Gasteiger partial charge in [0.25, 0.3) is 0 Å². The van der Waals surface area contributed by atoms with Crippen LogP contribution in [-0.4, -0.2) is 21.5 Å². The first-order chi connectivity index (χ1) is 9.72. The van der Waals surface area contributed by atoms with Crippen molar-refractivity contribution in [1.29, 1.82) is 0 Å². The zero-order chi connectivity index (χ0) is 14.4. The lowest BCUT2D eigenvalue weighted by atomic mass is 9.85. The summed E-state index contributed by atoms with van der Waals surface area (Å²) in [6, 6.07) is 0.367. The Balaban J connectivity index is 1.96. The van der Waals surface area contributed by atoms with Crippen LogP contribution in [0.4, 0.5) is 0 Å². The zero-order valence-corrected chi connectivity index (χ0v) is 14.3. The molecule has 20 heavy (non-hydrogen) atoms. The fraction of sp³-hybridized carbons (Fsp3) is 0.867. The Hall–Kier alpha value is -0.420. The molecule has 1 aromatic heterocycles. The van der Waals surface area contributed by atoms with Crippen LogP contribution in [0.25, 0.3) is 0 Å². The molecule has 1 atom stereocenters. The molecule has 1 fully saturated rings. The van der Waals surface area contributed by atoms with Gasteiger partial charge in [0, 0.05) is 7.05 Å². The van der Waals surface area contributed by atoms with E-state index in [1.807, 2.05) is 11.7 Å². The summed E-state index contributed by atoms with van der Waals surface area (Å²) in [5.74, 6) is 0.926. The zero-order valence-electron chi connectivity index (χ0n) is 12.7. The van der Waals surface area contributed by atoms with E-state index in [-0.39, 0.29) is 0 Å². The van der Waals surface area contributed by atoms with Gasteiger partial charge in [0.05, 0.1) is 11.7 Å². The van der Waals surface area contributed by atoms with E-state index in [1.165, 1.54) is 50.6 Å². The molecule has 0 radical (unpaired) electrons. The van der Waals surface area contributed by atoms with Gasteiger partial charge in [0.1, 0.15) is 0 Å². The third kappa shape index (κ3) is 4.29. The molecule has 0 bridgehead atoms. The van der Waals surface area contributed by atoms with Crippen molar-refractivity contribution < 1.29 is 0 Å². The first-order valence-corrected chi connectivity index (χ1v) is 8.80. The molecule has 1 saturated carbocycles. The summed E-state index contributed by atoms with van der Waals surface area (Å²) < 4.78 is 2.79. The van der Waals surface area contributed by atoms with Crippen molar-refractivity contribution >= 4 is 15.9 Å². The van der Waals surface area contributed by atoms with Crippen molar-refractivity contribution in [3.8, 4) is 0 Å². The normalized spacial score (nSPS) is 18.4. The van der Waals surface area contributed by atoms with Gasteiger partial charge in [-0.3, -0.25) is 0 Å². The average molecular weight is 343 g/mol. The number of nitrogens with zero attached hydrogens (tertiary/aromatic N) is 3. The molecule has 0 amide bonds. The molecule has 1 unspecified atom stereocenters. The van der Waals surface area contributed by atoms with Gasteiger partial charge < -0.3 is 5.32 Å². The van der Waals surface area contributed by atoms with Crippen LogP contribution in [0.2, 0.25) is 0 Å². The number of aromatic nitrogens is 3. The predicted octanol–water partition coefficient (Wildman–Crippen LogP) is 3.98. The molecule has 1 aromatic rings. The van der Waals surface area contributed by atoms with Gasteiger partial charge in [-0.05, 0) is 47.7 Å². The highest BCUT2D eigenvalue weighted by molar-refractivity contribution is 9.10. The van der Waals surface area contributed by atoms with E-state index in [2.05, 4.69) is 38.5 Å². The number of hydrogen-bond donors (Lipinski definition) is 1. The molecule has 1 N–H and O–H groups in total. The Morgan fingerprint density at radius 2 is 2.10 bits per heavy atom. The third-order valence-electron chi connectivity index (χ3n) is 4.39. The van der Waals surface area contributed by atoms with Crippen LogP contribution in [0.1, 0.15) is 70.0 Å². The van der Waals surface area contributed by atoms with Crippen molar-refractivity contribution in [1.82, 2.24) is 20.3 Å². The molecule has 1 aliphatic rings. The Labute approximate surface area is 130 Å². The highest BCUT2D eigenvalue weighted by atomic mass is 79.9. The van der Waals surface area contributed by atoms with Crippen LogP contribution in [0, 0.1) is 5.92 Å². The molecule has 2 rings (SSSR count). The Morgan fingerprint density at radius 1 is 1.35 bits per heavy atom. The predicted molar refractivity (Wildman–Crippen MR) is 85.5 cm³/mol. The minimum absolute atomic E-state index is 0.367. The second kappa shape index (κ2) is 8.13. The minimum Gasteiger partial charge on any atom is -0.309 e. The summed E-state index contributed by atoms with van der Waals surface area (Å²) in [4.78, 5) is 0. The Bertz CT molecular complexity index is 379. The van der Waals surface area contributed by atoms with E-state index in [9.17, 15) is 0 Å². The summed E-state index contributed by atoms with van der Waals surface area (Å²) in [7, 11) is 1.98. The van der Waals surface area contributed by atoms with Crippen molar-refractivity contribution in [3.63, 3.8) is 0 Å². The maximum atomic E-state index is 4.13. The molecule has 0 aromatic carbocycles. The molecular formula is C15H27BrN4. The molecule has 0 aliphatic heterocycles. The van der Waals surface area contributed by atoms with Gasteiger partial charge in [0.15, 0.2) is 4.60 Å². The van der Waals surface area contributed by atoms with E-state index < -0.39 is 0 Å². The maximum absolute atomic E-state index is 4.13. The van der Waals surface area contributed by atoms with Crippen LogP contribution < -0.4 is 5.32 Å². The number of aryl methyl sites for hydroxylation is 1. The van der Waals surface area contributed by atoms with Gasteiger partial charge in [-0.2, -0.15) is 0 Å². The van der Waals surface area contributed by atoms with Crippen LogP contribution in [-0.2, 0) is 7.05 Å². The topological polar surface area (TPSA) is 42.7 Å². The maximum Gasteiger partial charge on any atom is 0.153 e. The summed E-state index contributed by atoms with van der Waals surface area (Å²) >= 11 is 3.54. The molecule has 4 nitrogen and oxygen atoms in total. The van der Waals surface area contributed by atoms with E-state index >= 15 is 0 Å². The minimum atomic E-state index is 0.367. The first-order valence-electron chi connectivity index (χ1n) is 8.00. The van der Waals surface area contributed by atoms with Gasteiger partial charge in [-0.25, -0.2) is 4.68 Å². The molecular weight excluding hydrogens is 316 g/mol. The van der Waals surface area contributed by atoms with Crippen molar-refractivity contribution in [2.75, 3.05) is 6.54 Å².